The van der Waals surface area contributed by atoms with E-state index in [1.807, 2.05) is 29.0 Å². The van der Waals surface area contributed by atoms with Gasteiger partial charge in [0.05, 0.1) is 18.8 Å². The second kappa shape index (κ2) is 7.62. The molecule has 1 aromatic heterocycles. The van der Waals surface area contributed by atoms with Crippen molar-refractivity contribution in [3.8, 4) is 0 Å². The molecule has 148 valence electrons. The zero-order valence-electron chi connectivity index (χ0n) is 16.2. The van der Waals surface area contributed by atoms with Crippen molar-refractivity contribution in [3.05, 3.63) is 65.5 Å². The number of piperidine rings is 1. The lowest BCUT2D eigenvalue weighted by molar-refractivity contribution is -0.01000. The molecule has 0 radical (unpaired) electrons. The van der Waals surface area contributed by atoms with E-state index in [9.17, 15) is 15.0 Å². The van der Waals surface area contributed by atoms with Gasteiger partial charge in [-0.15, -0.1) is 0 Å². The molecule has 0 bridgehead atoms. The Morgan fingerprint density at radius 3 is 2.57 bits per heavy atom. The Bertz CT molecular complexity index is 834. The molecule has 6 heteroatoms. The van der Waals surface area contributed by atoms with Gasteiger partial charge in [-0.05, 0) is 43.1 Å². The minimum atomic E-state index is -0.556. The van der Waals surface area contributed by atoms with Gasteiger partial charge in [-0.1, -0.05) is 24.3 Å². The van der Waals surface area contributed by atoms with E-state index in [1.54, 1.807) is 24.5 Å². The molecule has 2 N–H and O–H groups in total. The minimum Gasteiger partial charge on any atom is -0.395 e. The van der Waals surface area contributed by atoms with Crippen LogP contribution in [0.2, 0.25) is 0 Å². The summed E-state index contributed by atoms with van der Waals surface area (Å²) >= 11 is 0. The summed E-state index contributed by atoms with van der Waals surface area (Å²) in [6, 6.07) is 11.6. The SMILES string of the molecule is CN(CCO)[C@@H]1c2ccccc2C2(CCN(C(=O)c3ccncc3)CC2)[C@H]1O. The lowest BCUT2D eigenvalue weighted by Gasteiger charge is -2.43. The highest BCUT2D eigenvalue weighted by Gasteiger charge is 2.53. The molecule has 1 aliphatic heterocycles. The number of carbonyl (C=O) groups is 1. The van der Waals surface area contributed by atoms with Crippen LogP contribution >= 0.6 is 0 Å². The molecule has 1 fully saturated rings. The number of nitrogens with zero attached hydrogens (tertiary/aromatic N) is 3. The van der Waals surface area contributed by atoms with Gasteiger partial charge < -0.3 is 15.1 Å². The summed E-state index contributed by atoms with van der Waals surface area (Å²) in [4.78, 5) is 20.7. The highest BCUT2D eigenvalue weighted by atomic mass is 16.3. The molecule has 2 atom stereocenters. The van der Waals surface area contributed by atoms with Crippen molar-refractivity contribution < 1.29 is 15.0 Å². The van der Waals surface area contributed by atoms with Gasteiger partial charge in [0, 0.05) is 43.0 Å². The van der Waals surface area contributed by atoms with E-state index in [-0.39, 0.29) is 24.0 Å². The minimum absolute atomic E-state index is 0.0203. The molecule has 0 saturated carbocycles. The van der Waals surface area contributed by atoms with Gasteiger partial charge in [-0.2, -0.15) is 0 Å². The maximum atomic E-state index is 12.8. The van der Waals surface area contributed by atoms with Crippen LogP contribution in [-0.2, 0) is 5.41 Å². The molecule has 4 rings (SSSR count). The number of hydrogen-bond donors (Lipinski definition) is 2. The maximum absolute atomic E-state index is 12.8. The standard InChI is InChI=1S/C22H27N3O3/c1-24(14-15-26)19-17-4-2-3-5-18(17)22(20(19)27)8-12-25(13-9-22)21(28)16-6-10-23-11-7-16/h2-7,10-11,19-20,26-27H,8-9,12-15H2,1H3/t19-,20+/m1/s1. The zero-order chi connectivity index (χ0) is 19.7. The Morgan fingerprint density at radius 1 is 1.21 bits per heavy atom. The van der Waals surface area contributed by atoms with E-state index >= 15 is 0 Å². The fraction of sp³-hybridized carbons (Fsp3) is 0.455. The third kappa shape index (κ3) is 3.02. The van der Waals surface area contributed by atoms with Crippen LogP contribution in [0.25, 0.3) is 0 Å². The summed E-state index contributed by atoms with van der Waals surface area (Å²) in [5.41, 5.74) is 2.63. The summed E-state index contributed by atoms with van der Waals surface area (Å²) in [5.74, 6) is 0.0203. The Morgan fingerprint density at radius 2 is 1.89 bits per heavy atom. The number of aromatic nitrogens is 1. The number of pyridine rings is 1. The lowest BCUT2D eigenvalue weighted by atomic mass is 9.72. The van der Waals surface area contributed by atoms with E-state index in [1.165, 1.54) is 5.56 Å². The molecule has 1 amide bonds. The summed E-state index contributed by atoms with van der Waals surface area (Å²) in [6.07, 6.45) is 4.17. The number of fused-ring (bicyclic) bond motifs is 2. The number of carbonyl (C=O) groups excluding carboxylic acids is 1. The predicted octanol–water partition coefficient (Wildman–Crippen LogP) is 1.60. The van der Waals surface area contributed by atoms with Crippen molar-refractivity contribution in [1.29, 1.82) is 0 Å². The summed E-state index contributed by atoms with van der Waals surface area (Å²) in [6.45, 7) is 1.80. The van der Waals surface area contributed by atoms with Crippen molar-refractivity contribution in [2.24, 2.45) is 0 Å². The van der Waals surface area contributed by atoms with Crippen molar-refractivity contribution in [2.45, 2.75) is 30.4 Å². The summed E-state index contributed by atoms with van der Waals surface area (Å²) < 4.78 is 0. The summed E-state index contributed by atoms with van der Waals surface area (Å²) in [7, 11) is 1.95. The number of amides is 1. The van der Waals surface area contributed by atoms with Gasteiger partial charge in [0.1, 0.15) is 0 Å². The molecule has 2 aliphatic rings. The van der Waals surface area contributed by atoms with Crippen LogP contribution in [0.1, 0.15) is 40.4 Å². The van der Waals surface area contributed by atoms with E-state index < -0.39 is 6.10 Å². The molecule has 1 aliphatic carbocycles. The van der Waals surface area contributed by atoms with E-state index in [0.717, 1.165) is 18.4 Å². The highest BCUT2D eigenvalue weighted by Crippen LogP contribution is 2.52. The molecule has 2 heterocycles. The van der Waals surface area contributed by atoms with Crippen LogP contribution in [0.4, 0.5) is 0 Å². The third-order valence-electron chi connectivity index (χ3n) is 6.48. The number of aliphatic hydroxyl groups is 2. The van der Waals surface area contributed by atoms with Gasteiger partial charge in [-0.3, -0.25) is 14.7 Å². The van der Waals surface area contributed by atoms with Crippen molar-refractivity contribution in [3.63, 3.8) is 0 Å². The van der Waals surface area contributed by atoms with Gasteiger partial charge in [0.2, 0.25) is 0 Å². The van der Waals surface area contributed by atoms with E-state index in [0.29, 0.717) is 25.2 Å². The van der Waals surface area contributed by atoms with Gasteiger partial charge in [-0.25, -0.2) is 0 Å². The van der Waals surface area contributed by atoms with Crippen LogP contribution in [0.15, 0.2) is 48.8 Å². The quantitative estimate of drug-likeness (QED) is 0.841. The first kappa shape index (κ1) is 19.1. The largest absolute Gasteiger partial charge is 0.395 e. The number of hydrogen-bond acceptors (Lipinski definition) is 5. The fourth-order valence-corrected chi connectivity index (χ4v) is 4.97. The Balaban J connectivity index is 1.58. The molecular formula is C22H27N3O3. The van der Waals surface area contributed by atoms with Crippen LogP contribution in [0, 0.1) is 0 Å². The second-order valence-corrected chi connectivity index (χ2v) is 7.87. The Hall–Kier alpha value is -2.28. The Labute approximate surface area is 165 Å². The average molecular weight is 381 g/mol. The zero-order valence-corrected chi connectivity index (χ0v) is 16.2. The highest BCUT2D eigenvalue weighted by molar-refractivity contribution is 5.94. The van der Waals surface area contributed by atoms with Gasteiger partial charge in [0.25, 0.3) is 5.91 Å². The molecule has 6 nitrogen and oxygen atoms in total. The van der Waals surface area contributed by atoms with Crippen LogP contribution in [0.5, 0.6) is 0 Å². The molecule has 28 heavy (non-hydrogen) atoms. The first-order chi connectivity index (χ1) is 13.6. The Kier molecular flexibility index (Phi) is 5.19. The average Bonchev–Trinajstić information content (AvgIpc) is 2.97. The molecule has 1 saturated heterocycles. The molecular weight excluding hydrogens is 354 g/mol. The molecule has 0 unspecified atom stereocenters. The van der Waals surface area contributed by atoms with Gasteiger partial charge >= 0.3 is 0 Å². The monoisotopic (exact) mass is 381 g/mol. The molecule has 2 aromatic rings. The third-order valence-corrected chi connectivity index (χ3v) is 6.48. The van der Waals surface area contributed by atoms with Crippen molar-refractivity contribution in [1.82, 2.24) is 14.8 Å². The maximum Gasteiger partial charge on any atom is 0.253 e. The number of benzene rings is 1. The van der Waals surface area contributed by atoms with E-state index in [4.69, 9.17) is 0 Å². The smallest absolute Gasteiger partial charge is 0.253 e. The number of likely N-dealkylation sites (tertiary alicyclic amines) is 1. The van der Waals surface area contributed by atoms with E-state index in [2.05, 4.69) is 17.1 Å². The van der Waals surface area contributed by atoms with Crippen molar-refractivity contribution in [2.75, 3.05) is 33.3 Å². The summed E-state index contributed by atoms with van der Waals surface area (Å²) in [5, 5.41) is 20.8. The van der Waals surface area contributed by atoms with Crippen LogP contribution in [-0.4, -0.2) is 70.3 Å². The topological polar surface area (TPSA) is 76.9 Å². The van der Waals surface area contributed by atoms with Gasteiger partial charge in [0.15, 0.2) is 0 Å². The fourth-order valence-electron chi connectivity index (χ4n) is 4.97. The van der Waals surface area contributed by atoms with Crippen LogP contribution < -0.4 is 0 Å². The first-order valence-electron chi connectivity index (χ1n) is 9.86. The number of aliphatic hydroxyl groups excluding tert-OH is 2. The number of rotatable bonds is 4. The number of likely N-dealkylation sites (N-methyl/N-ethyl adjacent to an activating group) is 1. The normalized spacial score (nSPS) is 23.2. The predicted molar refractivity (Wildman–Crippen MR) is 106 cm³/mol. The lowest BCUT2D eigenvalue weighted by Crippen LogP contribution is -2.51. The van der Waals surface area contributed by atoms with Crippen molar-refractivity contribution >= 4 is 5.91 Å². The second-order valence-electron chi connectivity index (χ2n) is 7.87. The van der Waals surface area contributed by atoms with Crippen LogP contribution in [0.3, 0.4) is 0 Å². The first-order valence-corrected chi connectivity index (χ1v) is 9.86. The molecule has 1 spiro atoms. The molecule has 1 aromatic carbocycles.